The van der Waals surface area contributed by atoms with Gasteiger partial charge in [-0.2, -0.15) is 0 Å². The summed E-state index contributed by atoms with van der Waals surface area (Å²) in [6.45, 7) is 15.0. The van der Waals surface area contributed by atoms with Crippen LogP contribution in [0.3, 0.4) is 0 Å². The molecule has 1 aliphatic carbocycles. The van der Waals surface area contributed by atoms with Gasteiger partial charge in [0.2, 0.25) is 0 Å². The minimum Gasteiger partial charge on any atom is -0.329 e. The van der Waals surface area contributed by atoms with E-state index in [0.717, 1.165) is 24.3 Å². The highest BCUT2D eigenvalue weighted by molar-refractivity contribution is 4.98. The number of hydrogen-bond donors (Lipinski definition) is 1. The molecule has 1 aliphatic rings. The van der Waals surface area contributed by atoms with Crippen molar-refractivity contribution < 1.29 is 0 Å². The molecule has 0 radical (unpaired) electrons. The average Bonchev–Trinajstić information content (AvgIpc) is 2.83. The lowest BCUT2D eigenvalue weighted by Gasteiger charge is -2.42. The molecule has 2 atom stereocenters. The van der Waals surface area contributed by atoms with Crippen LogP contribution >= 0.6 is 0 Å². The van der Waals surface area contributed by atoms with Gasteiger partial charge in [-0.25, -0.2) is 0 Å². The van der Waals surface area contributed by atoms with Gasteiger partial charge in [0.25, 0.3) is 0 Å². The van der Waals surface area contributed by atoms with Gasteiger partial charge in [0, 0.05) is 12.1 Å². The van der Waals surface area contributed by atoms with Gasteiger partial charge in [-0.3, -0.25) is 4.90 Å². The molecule has 1 fully saturated rings. The molecule has 0 aromatic heterocycles. The van der Waals surface area contributed by atoms with Crippen LogP contribution in [0.25, 0.3) is 0 Å². The van der Waals surface area contributed by atoms with E-state index in [0.29, 0.717) is 5.54 Å². The van der Waals surface area contributed by atoms with Crippen molar-refractivity contribution in [2.75, 3.05) is 19.6 Å². The van der Waals surface area contributed by atoms with Crippen LogP contribution in [0.4, 0.5) is 0 Å². The highest BCUT2D eigenvalue weighted by atomic mass is 15.2. The molecule has 0 aromatic rings. The van der Waals surface area contributed by atoms with Crippen molar-refractivity contribution in [2.24, 2.45) is 23.5 Å². The fourth-order valence-electron chi connectivity index (χ4n) is 3.58. The number of nitrogens with zero attached hydrogens (tertiary/aromatic N) is 1. The van der Waals surface area contributed by atoms with Gasteiger partial charge in [-0.1, -0.05) is 41.0 Å². The fourth-order valence-corrected chi connectivity index (χ4v) is 3.58. The second-order valence-corrected chi connectivity index (χ2v) is 7.80. The predicted octanol–water partition coefficient (Wildman–Crippen LogP) is 4.29. The van der Waals surface area contributed by atoms with Crippen LogP contribution in [-0.2, 0) is 0 Å². The smallest absolute Gasteiger partial charge is 0.0334 e. The van der Waals surface area contributed by atoms with Crippen LogP contribution in [0.1, 0.15) is 73.1 Å². The van der Waals surface area contributed by atoms with E-state index in [-0.39, 0.29) is 0 Å². The summed E-state index contributed by atoms with van der Waals surface area (Å²) < 4.78 is 0. The first-order valence-corrected chi connectivity index (χ1v) is 8.88. The molecule has 2 nitrogen and oxygen atoms in total. The summed E-state index contributed by atoms with van der Waals surface area (Å²) in [5.41, 5.74) is 6.57. The lowest BCUT2D eigenvalue weighted by molar-refractivity contribution is 0.0835. The van der Waals surface area contributed by atoms with Crippen molar-refractivity contribution in [2.45, 2.75) is 78.7 Å². The maximum Gasteiger partial charge on any atom is 0.0334 e. The highest BCUT2D eigenvalue weighted by Gasteiger charge is 2.41. The van der Waals surface area contributed by atoms with Crippen molar-refractivity contribution in [3.05, 3.63) is 0 Å². The molecule has 0 spiro atoms. The maximum absolute atomic E-state index is 6.26. The maximum atomic E-state index is 6.26. The Labute approximate surface area is 127 Å². The molecular formula is C18H38N2. The molecule has 1 rings (SSSR count). The molecule has 2 N–H and O–H groups in total. The van der Waals surface area contributed by atoms with Crippen LogP contribution in [0.15, 0.2) is 0 Å². The van der Waals surface area contributed by atoms with Crippen LogP contribution in [0.2, 0.25) is 0 Å². The standard InChI is InChI=1S/C18H38N2/c1-6-17-7-10-18(13-17,14-19)20(11-8-15(2)3)12-9-16(4)5/h15-17H,6-14,19H2,1-5H3. The molecule has 0 amide bonds. The van der Waals surface area contributed by atoms with Crippen molar-refractivity contribution in [3.8, 4) is 0 Å². The Morgan fingerprint density at radius 3 is 2.00 bits per heavy atom. The van der Waals surface area contributed by atoms with Crippen molar-refractivity contribution in [3.63, 3.8) is 0 Å². The van der Waals surface area contributed by atoms with Crippen molar-refractivity contribution in [1.29, 1.82) is 0 Å². The molecule has 1 saturated carbocycles. The van der Waals surface area contributed by atoms with Crippen molar-refractivity contribution in [1.82, 2.24) is 4.90 Å². The third-order valence-electron chi connectivity index (χ3n) is 5.27. The largest absolute Gasteiger partial charge is 0.329 e. The Morgan fingerprint density at radius 1 is 1.10 bits per heavy atom. The zero-order chi connectivity index (χ0) is 15.2. The molecule has 0 bridgehead atoms. The average molecular weight is 283 g/mol. The summed E-state index contributed by atoms with van der Waals surface area (Å²) in [6, 6.07) is 0. The van der Waals surface area contributed by atoms with E-state index < -0.39 is 0 Å². The SMILES string of the molecule is CCC1CCC(CN)(N(CCC(C)C)CCC(C)C)C1. The summed E-state index contributed by atoms with van der Waals surface area (Å²) in [5.74, 6) is 2.48. The third-order valence-corrected chi connectivity index (χ3v) is 5.27. The van der Waals surface area contributed by atoms with Gasteiger partial charge in [0.05, 0.1) is 0 Å². The van der Waals surface area contributed by atoms with E-state index in [1.807, 2.05) is 0 Å². The first-order valence-electron chi connectivity index (χ1n) is 8.88. The van der Waals surface area contributed by atoms with Crippen LogP contribution in [0.5, 0.6) is 0 Å². The molecule has 0 aliphatic heterocycles. The Balaban J connectivity index is 2.71. The second kappa shape index (κ2) is 8.38. The topological polar surface area (TPSA) is 29.3 Å². The van der Waals surface area contributed by atoms with E-state index in [9.17, 15) is 0 Å². The molecule has 2 unspecified atom stereocenters. The minimum absolute atomic E-state index is 0.310. The summed E-state index contributed by atoms with van der Waals surface area (Å²) in [4.78, 5) is 2.77. The molecule has 0 saturated heterocycles. The normalized spacial score (nSPS) is 27.1. The zero-order valence-electron chi connectivity index (χ0n) is 14.6. The highest BCUT2D eigenvalue weighted by Crippen LogP contribution is 2.40. The van der Waals surface area contributed by atoms with Gasteiger partial charge in [-0.15, -0.1) is 0 Å². The van der Waals surface area contributed by atoms with E-state index in [1.165, 1.54) is 51.6 Å². The van der Waals surface area contributed by atoms with Crippen LogP contribution in [0, 0.1) is 17.8 Å². The number of hydrogen-bond acceptors (Lipinski definition) is 2. The lowest BCUT2D eigenvalue weighted by atomic mass is 9.91. The minimum atomic E-state index is 0.310. The van der Waals surface area contributed by atoms with Crippen LogP contribution in [-0.4, -0.2) is 30.1 Å². The van der Waals surface area contributed by atoms with Gasteiger partial charge in [0.1, 0.15) is 0 Å². The summed E-state index contributed by atoms with van der Waals surface area (Å²) >= 11 is 0. The van der Waals surface area contributed by atoms with E-state index in [4.69, 9.17) is 5.73 Å². The van der Waals surface area contributed by atoms with E-state index in [1.54, 1.807) is 0 Å². The Morgan fingerprint density at radius 2 is 1.65 bits per heavy atom. The van der Waals surface area contributed by atoms with Crippen molar-refractivity contribution >= 4 is 0 Å². The van der Waals surface area contributed by atoms with Gasteiger partial charge >= 0.3 is 0 Å². The summed E-state index contributed by atoms with van der Waals surface area (Å²) in [6.07, 6.45) is 7.96. The Hall–Kier alpha value is -0.0800. The summed E-state index contributed by atoms with van der Waals surface area (Å²) in [5, 5.41) is 0. The molecule has 120 valence electrons. The third kappa shape index (κ3) is 5.04. The first kappa shape index (κ1) is 18.0. The molecular weight excluding hydrogens is 244 g/mol. The quantitative estimate of drug-likeness (QED) is 0.683. The van der Waals surface area contributed by atoms with Crippen LogP contribution < -0.4 is 5.73 Å². The number of rotatable bonds is 9. The Kier molecular flexibility index (Phi) is 7.53. The van der Waals surface area contributed by atoms with E-state index >= 15 is 0 Å². The van der Waals surface area contributed by atoms with Gasteiger partial charge in [-0.05, 0) is 62.9 Å². The lowest BCUT2D eigenvalue weighted by Crippen LogP contribution is -2.53. The molecule has 0 heterocycles. The zero-order valence-corrected chi connectivity index (χ0v) is 14.6. The molecule has 0 aromatic carbocycles. The van der Waals surface area contributed by atoms with E-state index in [2.05, 4.69) is 39.5 Å². The first-order chi connectivity index (χ1) is 9.43. The van der Waals surface area contributed by atoms with Gasteiger partial charge in [0.15, 0.2) is 0 Å². The van der Waals surface area contributed by atoms with Gasteiger partial charge < -0.3 is 5.73 Å². The number of nitrogens with two attached hydrogens (primary N) is 1. The fraction of sp³-hybridized carbons (Fsp3) is 1.00. The predicted molar refractivity (Wildman–Crippen MR) is 89.9 cm³/mol. The molecule has 20 heavy (non-hydrogen) atoms. The Bertz CT molecular complexity index is 250. The molecule has 2 heteroatoms. The monoisotopic (exact) mass is 282 g/mol. The summed E-state index contributed by atoms with van der Waals surface area (Å²) in [7, 11) is 0. The second-order valence-electron chi connectivity index (χ2n) is 7.80.